The van der Waals surface area contributed by atoms with E-state index in [9.17, 15) is 4.79 Å². The van der Waals surface area contributed by atoms with Crippen LogP contribution in [0.15, 0.2) is 35.1 Å². The van der Waals surface area contributed by atoms with Crippen molar-refractivity contribution in [2.45, 2.75) is 18.6 Å². The molecule has 0 aliphatic carbocycles. The summed E-state index contributed by atoms with van der Waals surface area (Å²) in [6.07, 6.45) is 1.71. The molecule has 0 fully saturated rings. The molecule has 0 bridgehead atoms. The van der Waals surface area contributed by atoms with E-state index in [0.717, 1.165) is 5.69 Å². The molecular formula is C13H13N7OS2. The third-order valence-corrected chi connectivity index (χ3v) is 4.44. The van der Waals surface area contributed by atoms with Crippen LogP contribution in [-0.4, -0.2) is 41.6 Å². The molecule has 23 heavy (non-hydrogen) atoms. The number of pyridine rings is 1. The van der Waals surface area contributed by atoms with Gasteiger partial charge in [-0.1, -0.05) is 29.2 Å². The van der Waals surface area contributed by atoms with E-state index in [-0.39, 0.29) is 11.7 Å². The summed E-state index contributed by atoms with van der Waals surface area (Å²) in [5.74, 6) is 0.761. The van der Waals surface area contributed by atoms with Gasteiger partial charge in [0.05, 0.1) is 5.75 Å². The molecule has 10 heteroatoms. The van der Waals surface area contributed by atoms with Gasteiger partial charge in [-0.2, -0.15) is 0 Å². The van der Waals surface area contributed by atoms with Gasteiger partial charge in [-0.05, 0) is 19.1 Å². The van der Waals surface area contributed by atoms with Crippen LogP contribution < -0.4 is 5.32 Å². The molecule has 0 atom stereocenters. The Hall–Kier alpha value is -2.33. The van der Waals surface area contributed by atoms with Crippen molar-refractivity contribution >= 4 is 34.1 Å². The lowest BCUT2D eigenvalue weighted by molar-refractivity contribution is -0.113. The standard InChI is InChI=1S/C13H13N7OS2/c1-2-20-11(9-5-3-4-6-14-9)17-19-13(20)22-7-10(21)16-12-18-15-8-23-12/h3-6,8H,2,7H2,1H3,(H,16,18,21). The Kier molecular flexibility index (Phi) is 4.93. The highest BCUT2D eigenvalue weighted by molar-refractivity contribution is 7.99. The predicted molar refractivity (Wildman–Crippen MR) is 88.2 cm³/mol. The molecule has 0 aliphatic rings. The monoisotopic (exact) mass is 347 g/mol. The van der Waals surface area contributed by atoms with Crippen molar-refractivity contribution < 1.29 is 4.79 Å². The van der Waals surface area contributed by atoms with Crippen LogP contribution in [0.2, 0.25) is 0 Å². The zero-order valence-corrected chi connectivity index (χ0v) is 13.8. The molecule has 0 unspecified atom stereocenters. The number of amides is 1. The first-order valence-corrected chi connectivity index (χ1v) is 8.68. The topological polar surface area (TPSA) is 98.5 Å². The molecule has 0 aromatic carbocycles. The summed E-state index contributed by atoms with van der Waals surface area (Å²) < 4.78 is 1.94. The summed E-state index contributed by atoms with van der Waals surface area (Å²) in [4.78, 5) is 16.2. The van der Waals surface area contributed by atoms with Crippen molar-refractivity contribution in [1.82, 2.24) is 29.9 Å². The van der Waals surface area contributed by atoms with Crippen molar-refractivity contribution in [1.29, 1.82) is 0 Å². The number of carbonyl (C=O) groups excluding carboxylic acids is 1. The maximum absolute atomic E-state index is 11.9. The van der Waals surface area contributed by atoms with Gasteiger partial charge in [-0.25, -0.2) is 0 Å². The average molecular weight is 347 g/mol. The normalized spacial score (nSPS) is 10.7. The highest BCUT2D eigenvalue weighted by Crippen LogP contribution is 2.22. The third kappa shape index (κ3) is 3.71. The van der Waals surface area contributed by atoms with Crippen LogP contribution in [0.1, 0.15) is 6.92 Å². The van der Waals surface area contributed by atoms with Gasteiger partial charge in [0, 0.05) is 12.7 Å². The van der Waals surface area contributed by atoms with Crippen molar-refractivity contribution in [3.8, 4) is 11.5 Å². The Morgan fingerprint density at radius 3 is 2.96 bits per heavy atom. The second-order valence-electron chi connectivity index (χ2n) is 4.35. The van der Waals surface area contributed by atoms with Crippen LogP contribution in [0.5, 0.6) is 0 Å². The summed E-state index contributed by atoms with van der Waals surface area (Å²) in [6.45, 7) is 2.69. The summed E-state index contributed by atoms with van der Waals surface area (Å²) in [7, 11) is 0. The lowest BCUT2D eigenvalue weighted by atomic mass is 10.3. The van der Waals surface area contributed by atoms with E-state index in [1.807, 2.05) is 29.7 Å². The fraction of sp³-hybridized carbons (Fsp3) is 0.231. The first-order valence-electron chi connectivity index (χ1n) is 6.81. The van der Waals surface area contributed by atoms with Crippen molar-refractivity contribution in [2.75, 3.05) is 11.1 Å². The Balaban J connectivity index is 1.69. The van der Waals surface area contributed by atoms with Gasteiger partial charge in [-0.15, -0.1) is 20.4 Å². The minimum Gasteiger partial charge on any atom is -0.301 e. The number of nitrogens with one attached hydrogen (secondary N) is 1. The summed E-state index contributed by atoms with van der Waals surface area (Å²) >= 11 is 2.60. The van der Waals surface area contributed by atoms with Crippen LogP contribution in [-0.2, 0) is 11.3 Å². The quantitative estimate of drug-likeness (QED) is 0.680. The average Bonchev–Trinajstić information content (AvgIpc) is 3.22. The molecule has 1 N–H and O–H groups in total. The maximum Gasteiger partial charge on any atom is 0.236 e. The molecule has 0 aliphatic heterocycles. The molecule has 0 saturated carbocycles. The van der Waals surface area contributed by atoms with Crippen molar-refractivity contribution in [3.05, 3.63) is 29.9 Å². The van der Waals surface area contributed by atoms with Crippen LogP contribution in [0.25, 0.3) is 11.5 Å². The van der Waals surface area contributed by atoms with Gasteiger partial charge in [0.15, 0.2) is 11.0 Å². The Morgan fingerprint density at radius 2 is 2.26 bits per heavy atom. The van der Waals surface area contributed by atoms with Crippen LogP contribution in [0, 0.1) is 0 Å². The van der Waals surface area contributed by atoms with E-state index in [4.69, 9.17) is 0 Å². The number of aromatic nitrogens is 6. The van der Waals surface area contributed by atoms with Gasteiger partial charge >= 0.3 is 0 Å². The van der Waals surface area contributed by atoms with Gasteiger partial charge in [-0.3, -0.25) is 15.1 Å². The number of nitrogens with zero attached hydrogens (tertiary/aromatic N) is 6. The van der Waals surface area contributed by atoms with E-state index in [1.165, 1.54) is 23.1 Å². The molecule has 0 radical (unpaired) electrons. The SMILES string of the molecule is CCn1c(SCC(=O)Nc2nncs2)nnc1-c1ccccn1. The van der Waals surface area contributed by atoms with E-state index < -0.39 is 0 Å². The number of carbonyl (C=O) groups is 1. The molecule has 0 saturated heterocycles. The summed E-state index contributed by atoms with van der Waals surface area (Å²) in [6, 6.07) is 5.63. The van der Waals surface area contributed by atoms with Gasteiger partial charge < -0.3 is 4.57 Å². The fourth-order valence-electron chi connectivity index (χ4n) is 1.88. The van der Waals surface area contributed by atoms with Gasteiger partial charge in [0.2, 0.25) is 11.0 Å². The zero-order valence-electron chi connectivity index (χ0n) is 12.2. The Bertz CT molecular complexity index is 773. The predicted octanol–water partition coefficient (Wildman–Crippen LogP) is 1.94. The molecule has 118 valence electrons. The maximum atomic E-state index is 11.9. The van der Waals surface area contributed by atoms with Gasteiger partial charge in [0.1, 0.15) is 11.2 Å². The first-order chi connectivity index (χ1) is 11.3. The number of hydrogen-bond acceptors (Lipinski definition) is 8. The Labute approximate surface area is 140 Å². The van der Waals surface area contributed by atoms with Crippen molar-refractivity contribution in [3.63, 3.8) is 0 Å². The second-order valence-corrected chi connectivity index (χ2v) is 6.12. The molecule has 0 spiro atoms. The first kappa shape index (κ1) is 15.6. The Morgan fingerprint density at radius 1 is 1.35 bits per heavy atom. The van der Waals surface area contributed by atoms with Crippen LogP contribution >= 0.6 is 23.1 Å². The van der Waals surface area contributed by atoms with E-state index in [2.05, 4.69) is 30.7 Å². The number of anilines is 1. The number of hydrogen-bond donors (Lipinski definition) is 1. The number of thioether (sulfide) groups is 1. The smallest absolute Gasteiger partial charge is 0.236 e. The van der Waals surface area contributed by atoms with Crippen LogP contribution in [0.4, 0.5) is 5.13 Å². The summed E-state index contributed by atoms with van der Waals surface area (Å²) in [5, 5.41) is 19.6. The largest absolute Gasteiger partial charge is 0.301 e. The third-order valence-electron chi connectivity index (χ3n) is 2.87. The highest BCUT2D eigenvalue weighted by Gasteiger charge is 2.15. The van der Waals surface area contributed by atoms with E-state index in [1.54, 1.807) is 11.7 Å². The molecule has 3 heterocycles. The molecule has 1 amide bonds. The van der Waals surface area contributed by atoms with Gasteiger partial charge in [0.25, 0.3) is 0 Å². The molecular weight excluding hydrogens is 334 g/mol. The second kappa shape index (κ2) is 7.29. The molecule has 3 aromatic rings. The fourth-order valence-corrected chi connectivity index (χ4v) is 3.14. The highest BCUT2D eigenvalue weighted by atomic mass is 32.2. The lowest BCUT2D eigenvalue weighted by Gasteiger charge is -2.06. The zero-order chi connectivity index (χ0) is 16.1. The van der Waals surface area contributed by atoms with Crippen molar-refractivity contribution in [2.24, 2.45) is 0 Å². The lowest BCUT2D eigenvalue weighted by Crippen LogP contribution is -2.14. The van der Waals surface area contributed by atoms with E-state index in [0.29, 0.717) is 22.7 Å². The molecule has 3 aromatic heterocycles. The minimum atomic E-state index is -0.156. The minimum absolute atomic E-state index is 0.156. The summed E-state index contributed by atoms with van der Waals surface area (Å²) in [5.41, 5.74) is 2.32. The van der Waals surface area contributed by atoms with E-state index >= 15 is 0 Å². The molecule has 3 rings (SSSR count). The molecule has 8 nitrogen and oxygen atoms in total. The number of rotatable bonds is 6. The van der Waals surface area contributed by atoms with Crippen LogP contribution in [0.3, 0.4) is 0 Å².